The number of rotatable bonds is 2. The second-order valence-corrected chi connectivity index (χ2v) is 5.59. The van der Waals surface area contributed by atoms with Crippen LogP contribution in [0.25, 0.3) is 0 Å². The summed E-state index contributed by atoms with van der Waals surface area (Å²) < 4.78 is 65.1. The lowest BCUT2D eigenvalue weighted by molar-refractivity contribution is -0.187. The van der Waals surface area contributed by atoms with Gasteiger partial charge in [-0.05, 0) is 37.3 Å². The zero-order valence-corrected chi connectivity index (χ0v) is 10.8. The Bertz CT molecular complexity index is 485. The molecule has 2 N–H and O–H groups in total. The molecule has 2 unspecified atom stereocenters. The van der Waals surface area contributed by atoms with E-state index in [1.165, 1.54) is 12.1 Å². The largest absolute Gasteiger partial charge is 0.391 e. The van der Waals surface area contributed by atoms with Crippen LogP contribution in [0.3, 0.4) is 0 Å². The van der Waals surface area contributed by atoms with E-state index in [0.29, 0.717) is 12.8 Å². The van der Waals surface area contributed by atoms with Gasteiger partial charge >= 0.3 is 6.18 Å². The molecule has 1 nitrogen and oxygen atoms in total. The maximum atomic E-state index is 13.6. The van der Waals surface area contributed by atoms with Gasteiger partial charge in [0.1, 0.15) is 0 Å². The van der Waals surface area contributed by atoms with Gasteiger partial charge in [-0.3, -0.25) is 0 Å². The van der Waals surface area contributed by atoms with Crippen molar-refractivity contribution in [3.8, 4) is 0 Å². The monoisotopic (exact) mass is 293 g/mol. The van der Waals surface area contributed by atoms with Gasteiger partial charge in [0, 0.05) is 5.54 Å². The lowest BCUT2D eigenvalue weighted by atomic mass is 9.73. The van der Waals surface area contributed by atoms with Crippen LogP contribution in [0.1, 0.15) is 31.2 Å². The minimum absolute atomic E-state index is 0.0373. The zero-order chi connectivity index (χ0) is 15.0. The molecular weight excluding hydrogens is 277 g/mol. The van der Waals surface area contributed by atoms with E-state index in [2.05, 4.69) is 0 Å². The van der Waals surface area contributed by atoms with Gasteiger partial charge in [0.2, 0.25) is 0 Å². The van der Waals surface area contributed by atoms with Crippen LogP contribution in [0.5, 0.6) is 0 Å². The highest BCUT2D eigenvalue weighted by atomic mass is 19.4. The number of hydrogen-bond acceptors (Lipinski definition) is 1. The van der Waals surface area contributed by atoms with E-state index in [1.807, 2.05) is 0 Å². The average Bonchev–Trinajstić information content (AvgIpc) is 2.34. The summed E-state index contributed by atoms with van der Waals surface area (Å²) in [6.07, 6.45) is -3.83. The molecule has 1 aliphatic carbocycles. The Morgan fingerprint density at radius 3 is 2.60 bits per heavy atom. The summed E-state index contributed by atoms with van der Waals surface area (Å²) in [6, 6.07) is 3.67. The number of hydrogen-bond donors (Lipinski definition) is 1. The van der Waals surface area contributed by atoms with E-state index in [9.17, 15) is 22.0 Å². The van der Waals surface area contributed by atoms with Gasteiger partial charge in [0.25, 0.3) is 0 Å². The molecule has 6 heteroatoms. The van der Waals surface area contributed by atoms with Gasteiger partial charge < -0.3 is 5.73 Å². The van der Waals surface area contributed by atoms with E-state index in [-0.39, 0.29) is 24.8 Å². The molecule has 1 aromatic rings. The molecule has 1 aromatic carbocycles. The van der Waals surface area contributed by atoms with Gasteiger partial charge in [-0.1, -0.05) is 18.6 Å². The Kier molecular flexibility index (Phi) is 4.04. The first-order chi connectivity index (χ1) is 9.21. The van der Waals surface area contributed by atoms with Gasteiger partial charge in [0.15, 0.2) is 11.6 Å². The normalized spacial score (nSPS) is 27.6. The average molecular weight is 293 g/mol. The van der Waals surface area contributed by atoms with Crippen LogP contribution >= 0.6 is 0 Å². The Labute approximate surface area is 114 Å². The second-order valence-electron chi connectivity index (χ2n) is 5.59. The van der Waals surface area contributed by atoms with Crippen molar-refractivity contribution in [1.29, 1.82) is 0 Å². The third-order valence-electron chi connectivity index (χ3n) is 3.92. The third kappa shape index (κ3) is 3.29. The van der Waals surface area contributed by atoms with Crippen LogP contribution in [0.4, 0.5) is 22.0 Å². The lowest BCUT2D eigenvalue weighted by Gasteiger charge is -2.39. The van der Waals surface area contributed by atoms with Crippen LogP contribution in [0, 0.1) is 17.6 Å². The Morgan fingerprint density at radius 2 is 1.95 bits per heavy atom. The van der Waals surface area contributed by atoms with Crippen LogP contribution in [0.2, 0.25) is 0 Å². The van der Waals surface area contributed by atoms with Crippen LogP contribution < -0.4 is 5.73 Å². The summed E-state index contributed by atoms with van der Waals surface area (Å²) in [6.45, 7) is 0. The molecule has 112 valence electrons. The zero-order valence-electron chi connectivity index (χ0n) is 10.8. The molecule has 0 heterocycles. The molecule has 0 aromatic heterocycles. The predicted octanol–water partition coefficient (Wildman–Crippen LogP) is 3.96. The topological polar surface area (TPSA) is 26.0 Å². The van der Waals surface area contributed by atoms with Crippen molar-refractivity contribution in [1.82, 2.24) is 0 Å². The van der Waals surface area contributed by atoms with E-state index >= 15 is 0 Å². The Morgan fingerprint density at radius 1 is 1.25 bits per heavy atom. The van der Waals surface area contributed by atoms with Crippen molar-refractivity contribution in [2.45, 2.75) is 43.8 Å². The van der Waals surface area contributed by atoms with Gasteiger partial charge in [-0.15, -0.1) is 0 Å². The first-order valence-corrected chi connectivity index (χ1v) is 6.50. The molecule has 1 saturated carbocycles. The molecule has 0 radical (unpaired) electrons. The summed E-state index contributed by atoms with van der Waals surface area (Å²) in [5.41, 5.74) is 4.91. The van der Waals surface area contributed by atoms with Gasteiger partial charge in [-0.2, -0.15) is 13.2 Å². The van der Waals surface area contributed by atoms with Crippen molar-refractivity contribution >= 4 is 0 Å². The molecule has 0 saturated heterocycles. The summed E-state index contributed by atoms with van der Waals surface area (Å²) >= 11 is 0. The predicted molar refractivity (Wildman–Crippen MR) is 65.0 cm³/mol. The first-order valence-electron chi connectivity index (χ1n) is 6.50. The van der Waals surface area contributed by atoms with E-state index in [1.54, 1.807) is 0 Å². The van der Waals surface area contributed by atoms with Gasteiger partial charge in [0.05, 0.1) is 5.92 Å². The fourth-order valence-electron chi connectivity index (χ4n) is 2.90. The highest BCUT2D eigenvalue weighted by Crippen LogP contribution is 2.42. The summed E-state index contributed by atoms with van der Waals surface area (Å²) in [5.74, 6) is -3.49. The standard InChI is InChI=1S/C14H16F5N/c15-11-5-1-3-9(12(11)16)7-13(20)6-2-4-10(8-13)14(17,18)19/h1,3,5,10H,2,4,6-8,20H2. The summed E-state index contributed by atoms with van der Waals surface area (Å²) in [5, 5.41) is 0. The fraction of sp³-hybridized carbons (Fsp3) is 0.571. The Hall–Kier alpha value is -1.17. The Balaban J connectivity index is 2.17. The maximum Gasteiger partial charge on any atom is 0.391 e. The van der Waals surface area contributed by atoms with Crippen LogP contribution in [-0.2, 0) is 6.42 Å². The quantitative estimate of drug-likeness (QED) is 0.821. The third-order valence-corrected chi connectivity index (χ3v) is 3.92. The van der Waals surface area contributed by atoms with Crippen molar-refractivity contribution in [3.63, 3.8) is 0 Å². The fourth-order valence-corrected chi connectivity index (χ4v) is 2.90. The lowest BCUT2D eigenvalue weighted by Crippen LogP contribution is -2.49. The molecule has 0 bridgehead atoms. The van der Waals surface area contributed by atoms with E-state index in [0.717, 1.165) is 6.07 Å². The second kappa shape index (κ2) is 5.31. The molecule has 2 atom stereocenters. The molecule has 0 spiro atoms. The molecule has 0 amide bonds. The van der Waals surface area contributed by atoms with Crippen molar-refractivity contribution in [2.75, 3.05) is 0 Å². The molecule has 20 heavy (non-hydrogen) atoms. The number of nitrogens with two attached hydrogens (primary N) is 1. The van der Waals surface area contributed by atoms with Crippen LogP contribution in [-0.4, -0.2) is 11.7 Å². The summed E-state index contributed by atoms with van der Waals surface area (Å²) in [4.78, 5) is 0. The van der Waals surface area contributed by atoms with Crippen molar-refractivity contribution in [3.05, 3.63) is 35.4 Å². The first kappa shape index (κ1) is 15.2. The maximum absolute atomic E-state index is 13.6. The van der Waals surface area contributed by atoms with E-state index < -0.39 is 29.3 Å². The number of alkyl halides is 3. The van der Waals surface area contributed by atoms with E-state index in [4.69, 9.17) is 5.73 Å². The number of benzene rings is 1. The molecule has 2 rings (SSSR count). The highest BCUT2D eigenvalue weighted by Gasteiger charge is 2.46. The number of halogens is 5. The molecule has 1 fully saturated rings. The van der Waals surface area contributed by atoms with Crippen molar-refractivity contribution in [2.24, 2.45) is 11.7 Å². The minimum Gasteiger partial charge on any atom is -0.325 e. The SMILES string of the molecule is NC1(Cc2cccc(F)c2F)CCCC(C(F)(F)F)C1. The molecule has 1 aliphatic rings. The van der Waals surface area contributed by atoms with Crippen molar-refractivity contribution < 1.29 is 22.0 Å². The van der Waals surface area contributed by atoms with Gasteiger partial charge in [-0.25, -0.2) is 8.78 Å². The molecule has 0 aliphatic heterocycles. The minimum atomic E-state index is -4.29. The summed E-state index contributed by atoms with van der Waals surface area (Å²) in [7, 11) is 0. The smallest absolute Gasteiger partial charge is 0.325 e. The highest BCUT2D eigenvalue weighted by molar-refractivity contribution is 5.21. The van der Waals surface area contributed by atoms with Crippen LogP contribution in [0.15, 0.2) is 18.2 Å². The molecular formula is C14H16F5N.